The molecular formula is C25H30N6O. The number of hydrogen-bond donors (Lipinski definition) is 1. The maximum atomic E-state index is 11.8. The highest BCUT2D eigenvalue weighted by atomic mass is 16.2. The first-order valence-electron chi connectivity index (χ1n) is 11.0. The summed E-state index contributed by atoms with van der Waals surface area (Å²) < 4.78 is 0. The van der Waals surface area contributed by atoms with Crippen LogP contribution in [-0.2, 0) is 11.3 Å². The summed E-state index contributed by atoms with van der Waals surface area (Å²) in [5.41, 5.74) is 9.89. The number of pyridine rings is 2. The number of piperazine rings is 1. The van der Waals surface area contributed by atoms with Crippen molar-refractivity contribution < 1.29 is 4.79 Å². The van der Waals surface area contributed by atoms with Gasteiger partial charge in [-0.3, -0.25) is 4.79 Å². The number of carbonyl (C=O) groups is 1. The number of hydrogen-bond acceptors (Lipinski definition) is 6. The second-order valence-corrected chi connectivity index (χ2v) is 8.18. The zero-order valence-electron chi connectivity index (χ0n) is 18.7. The van der Waals surface area contributed by atoms with Gasteiger partial charge in [-0.15, -0.1) is 0 Å². The SMILES string of the molecule is Cc1cccnc1N1CCN(c2ccc(-c3cccc(CN(C)C(=O)CN)c3)cn2)CC1. The van der Waals surface area contributed by atoms with Crippen molar-refractivity contribution in [1.82, 2.24) is 14.9 Å². The number of aromatic nitrogens is 2. The van der Waals surface area contributed by atoms with E-state index in [9.17, 15) is 4.79 Å². The van der Waals surface area contributed by atoms with Crippen LogP contribution in [0, 0.1) is 6.92 Å². The van der Waals surface area contributed by atoms with Crippen molar-refractivity contribution in [2.75, 3.05) is 49.6 Å². The number of nitrogens with two attached hydrogens (primary N) is 1. The lowest BCUT2D eigenvalue weighted by Crippen LogP contribution is -2.47. The average Bonchev–Trinajstić information content (AvgIpc) is 2.84. The Kier molecular flexibility index (Phi) is 6.66. The minimum atomic E-state index is -0.0697. The van der Waals surface area contributed by atoms with E-state index in [1.54, 1.807) is 11.9 Å². The topological polar surface area (TPSA) is 78.6 Å². The molecule has 2 N–H and O–H groups in total. The Morgan fingerprint density at radius 2 is 1.78 bits per heavy atom. The zero-order chi connectivity index (χ0) is 22.5. The third kappa shape index (κ3) is 4.89. The number of amides is 1. The van der Waals surface area contributed by atoms with Crippen molar-refractivity contribution in [3.05, 3.63) is 72.1 Å². The Hall–Kier alpha value is -3.45. The van der Waals surface area contributed by atoms with Crippen molar-refractivity contribution in [2.24, 2.45) is 5.73 Å². The molecule has 1 amide bonds. The van der Waals surface area contributed by atoms with E-state index in [1.165, 1.54) is 5.56 Å². The third-order valence-electron chi connectivity index (χ3n) is 5.91. The summed E-state index contributed by atoms with van der Waals surface area (Å²) in [4.78, 5) is 27.4. The van der Waals surface area contributed by atoms with Gasteiger partial charge in [0.2, 0.25) is 5.91 Å². The van der Waals surface area contributed by atoms with Crippen molar-refractivity contribution in [1.29, 1.82) is 0 Å². The van der Waals surface area contributed by atoms with Crippen LogP contribution in [0.15, 0.2) is 60.9 Å². The molecule has 0 aliphatic carbocycles. The summed E-state index contributed by atoms with van der Waals surface area (Å²) in [6.45, 7) is 6.36. The Balaban J connectivity index is 1.40. The van der Waals surface area contributed by atoms with E-state index in [0.717, 1.165) is 54.5 Å². The van der Waals surface area contributed by atoms with Gasteiger partial charge in [-0.05, 0) is 47.9 Å². The molecule has 166 valence electrons. The van der Waals surface area contributed by atoms with Crippen LogP contribution in [-0.4, -0.2) is 60.5 Å². The molecule has 0 spiro atoms. The number of benzene rings is 1. The second kappa shape index (κ2) is 9.78. The molecule has 2 aromatic heterocycles. The third-order valence-corrected chi connectivity index (χ3v) is 5.91. The summed E-state index contributed by atoms with van der Waals surface area (Å²) in [5, 5.41) is 0. The molecule has 0 unspecified atom stereocenters. The normalized spacial score (nSPS) is 13.8. The van der Waals surface area contributed by atoms with E-state index in [-0.39, 0.29) is 12.5 Å². The maximum absolute atomic E-state index is 11.8. The number of rotatable bonds is 6. The summed E-state index contributed by atoms with van der Waals surface area (Å²) in [6.07, 6.45) is 3.79. The summed E-state index contributed by atoms with van der Waals surface area (Å²) in [7, 11) is 1.77. The molecule has 1 aromatic carbocycles. The van der Waals surface area contributed by atoms with Gasteiger partial charge in [0.15, 0.2) is 0 Å². The molecule has 32 heavy (non-hydrogen) atoms. The fraction of sp³-hybridized carbons (Fsp3) is 0.320. The van der Waals surface area contributed by atoms with Crippen LogP contribution in [0.4, 0.5) is 11.6 Å². The van der Waals surface area contributed by atoms with E-state index in [1.807, 2.05) is 30.6 Å². The Morgan fingerprint density at radius 3 is 2.47 bits per heavy atom. The second-order valence-electron chi connectivity index (χ2n) is 8.18. The molecule has 0 saturated carbocycles. The summed E-state index contributed by atoms with van der Waals surface area (Å²) >= 11 is 0. The van der Waals surface area contributed by atoms with E-state index in [2.05, 4.69) is 52.0 Å². The first-order chi connectivity index (χ1) is 15.5. The highest BCUT2D eigenvalue weighted by Gasteiger charge is 2.20. The van der Waals surface area contributed by atoms with E-state index >= 15 is 0 Å². The molecule has 7 heteroatoms. The molecular weight excluding hydrogens is 400 g/mol. The fourth-order valence-electron chi connectivity index (χ4n) is 4.07. The molecule has 3 aromatic rings. The number of likely N-dealkylation sites (N-methyl/N-ethyl adjacent to an activating group) is 1. The molecule has 7 nitrogen and oxygen atoms in total. The smallest absolute Gasteiger partial charge is 0.236 e. The van der Waals surface area contributed by atoms with Gasteiger partial charge in [0, 0.05) is 57.7 Å². The Labute approximate surface area is 189 Å². The fourth-order valence-corrected chi connectivity index (χ4v) is 4.07. The highest BCUT2D eigenvalue weighted by molar-refractivity contribution is 5.77. The van der Waals surface area contributed by atoms with Gasteiger partial charge in [-0.2, -0.15) is 0 Å². The highest BCUT2D eigenvalue weighted by Crippen LogP contribution is 2.24. The Bertz CT molecular complexity index is 1060. The molecule has 0 radical (unpaired) electrons. The molecule has 1 fully saturated rings. The van der Waals surface area contributed by atoms with Crippen molar-refractivity contribution in [2.45, 2.75) is 13.5 Å². The zero-order valence-corrected chi connectivity index (χ0v) is 18.7. The molecule has 3 heterocycles. The lowest BCUT2D eigenvalue weighted by Gasteiger charge is -2.36. The van der Waals surface area contributed by atoms with E-state index < -0.39 is 0 Å². The number of carbonyl (C=O) groups excluding carboxylic acids is 1. The molecule has 1 aliphatic rings. The van der Waals surface area contributed by atoms with E-state index in [4.69, 9.17) is 10.7 Å². The van der Waals surface area contributed by atoms with Gasteiger partial charge in [-0.1, -0.05) is 24.3 Å². The standard InChI is InChI=1S/C25H30N6O/c1-19-5-4-10-27-25(19)31-13-11-30(12-14-31)23-9-8-22(17-28-23)21-7-3-6-20(15-21)18-29(2)24(32)16-26/h3-10,15,17H,11-14,16,18,26H2,1-2H3. The molecule has 0 bridgehead atoms. The number of nitrogens with zero attached hydrogens (tertiary/aromatic N) is 5. The molecule has 1 aliphatic heterocycles. The van der Waals surface area contributed by atoms with Crippen molar-refractivity contribution in [3.63, 3.8) is 0 Å². The van der Waals surface area contributed by atoms with Crippen LogP contribution in [0.2, 0.25) is 0 Å². The quantitative estimate of drug-likeness (QED) is 0.648. The lowest BCUT2D eigenvalue weighted by atomic mass is 10.0. The minimum absolute atomic E-state index is 0.0251. The largest absolute Gasteiger partial charge is 0.353 e. The maximum Gasteiger partial charge on any atom is 0.236 e. The van der Waals surface area contributed by atoms with Crippen LogP contribution < -0.4 is 15.5 Å². The van der Waals surface area contributed by atoms with Gasteiger partial charge >= 0.3 is 0 Å². The Morgan fingerprint density at radius 1 is 1.00 bits per heavy atom. The first-order valence-corrected chi connectivity index (χ1v) is 11.0. The molecule has 1 saturated heterocycles. The van der Waals surface area contributed by atoms with Gasteiger partial charge < -0.3 is 20.4 Å². The van der Waals surface area contributed by atoms with Gasteiger partial charge in [0.1, 0.15) is 11.6 Å². The molecule has 4 rings (SSSR count). The van der Waals surface area contributed by atoms with Crippen LogP contribution in [0.1, 0.15) is 11.1 Å². The monoisotopic (exact) mass is 430 g/mol. The molecule has 0 atom stereocenters. The van der Waals surface area contributed by atoms with Gasteiger partial charge in [0.05, 0.1) is 6.54 Å². The number of anilines is 2. The van der Waals surface area contributed by atoms with Crippen molar-refractivity contribution in [3.8, 4) is 11.1 Å². The van der Waals surface area contributed by atoms with Crippen LogP contribution >= 0.6 is 0 Å². The first kappa shape index (κ1) is 21.8. The minimum Gasteiger partial charge on any atom is -0.353 e. The predicted octanol–water partition coefficient (Wildman–Crippen LogP) is 2.70. The van der Waals surface area contributed by atoms with Crippen LogP contribution in [0.3, 0.4) is 0 Å². The van der Waals surface area contributed by atoms with Crippen LogP contribution in [0.25, 0.3) is 11.1 Å². The van der Waals surface area contributed by atoms with E-state index in [0.29, 0.717) is 6.54 Å². The van der Waals surface area contributed by atoms with Gasteiger partial charge in [0.25, 0.3) is 0 Å². The lowest BCUT2D eigenvalue weighted by molar-refractivity contribution is -0.128. The van der Waals surface area contributed by atoms with Crippen LogP contribution in [0.5, 0.6) is 0 Å². The summed E-state index contributed by atoms with van der Waals surface area (Å²) in [5.74, 6) is 2.00. The predicted molar refractivity (Wildman–Crippen MR) is 129 cm³/mol. The van der Waals surface area contributed by atoms with Gasteiger partial charge in [-0.25, -0.2) is 9.97 Å². The average molecular weight is 431 g/mol. The summed E-state index contributed by atoms with van der Waals surface area (Å²) in [6, 6.07) is 16.5. The number of aryl methyl sites for hydroxylation is 1. The van der Waals surface area contributed by atoms with Crippen molar-refractivity contribution >= 4 is 17.5 Å².